The molecule has 17 heavy (non-hydrogen) atoms. The molecule has 0 fully saturated rings. The Hall–Kier alpha value is -1.81. The molecule has 0 unspecified atom stereocenters. The summed E-state index contributed by atoms with van der Waals surface area (Å²) in [7, 11) is 1.94. The summed E-state index contributed by atoms with van der Waals surface area (Å²) in [6, 6.07) is 11.8. The number of para-hydroxylation sites is 1. The van der Waals surface area contributed by atoms with Gasteiger partial charge in [-0.3, -0.25) is 4.68 Å². The van der Waals surface area contributed by atoms with Gasteiger partial charge in [0.2, 0.25) is 0 Å². The summed E-state index contributed by atoms with van der Waals surface area (Å²) in [5.74, 6) is 0.912. The Bertz CT molecular complexity index is 439. The van der Waals surface area contributed by atoms with E-state index in [1.807, 2.05) is 48.1 Å². The predicted octanol–water partition coefficient (Wildman–Crippen LogP) is 1.59. The summed E-state index contributed by atoms with van der Waals surface area (Å²) in [6.07, 6.45) is 1.80. The largest absolute Gasteiger partial charge is 0.492 e. The van der Waals surface area contributed by atoms with Crippen molar-refractivity contribution in [2.24, 2.45) is 7.05 Å². The number of ether oxygens (including phenoxy) is 1. The summed E-state index contributed by atoms with van der Waals surface area (Å²) < 4.78 is 7.44. The first-order valence-corrected chi connectivity index (χ1v) is 5.72. The highest BCUT2D eigenvalue weighted by Crippen LogP contribution is 2.07. The van der Waals surface area contributed by atoms with Gasteiger partial charge in [-0.2, -0.15) is 5.10 Å². The number of rotatable bonds is 6. The second-order valence-electron chi connectivity index (χ2n) is 3.78. The monoisotopic (exact) mass is 231 g/mol. The van der Waals surface area contributed by atoms with Crippen LogP contribution >= 0.6 is 0 Å². The van der Waals surface area contributed by atoms with Crippen molar-refractivity contribution in [3.05, 3.63) is 48.3 Å². The van der Waals surface area contributed by atoms with Crippen LogP contribution in [0.2, 0.25) is 0 Å². The SMILES string of the molecule is Cn1nccc1CNCCOc1ccccc1. The first-order valence-electron chi connectivity index (χ1n) is 5.72. The lowest BCUT2D eigenvalue weighted by Gasteiger charge is -2.07. The number of nitrogens with one attached hydrogen (secondary N) is 1. The van der Waals surface area contributed by atoms with Crippen LogP contribution in [0.5, 0.6) is 5.75 Å². The molecule has 1 aromatic heterocycles. The number of aryl methyl sites for hydroxylation is 1. The molecular formula is C13H17N3O. The normalized spacial score (nSPS) is 10.4. The van der Waals surface area contributed by atoms with Gasteiger partial charge in [-0.1, -0.05) is 18.2 Å². The van der Waals surface area contributed by atoms with E-state index >= 15 is 0 Å². The summed E-state index contributed by atoms with van der Waals surface area (Å²) in [4.78, 5) is 0. The van der Waals surface area contributed by atoms with E-state index in [0.717, 1.165) is 18.8 Å². The van der Waals surface area contributed by atoms with Crippen LogP contribution in [0.15, 0.2) is 42.6 Å². The number of hydrogen-bond donors (Lipinski definition) is 1. The minimum Gasteiger partial charge on any atom is -0.492 e. The van der Waals surface area contributed by atoms with E-state index < -0.39 is 0 Å². The van der Waals surface area contributed by atoms with Gasteiger partial charge in [0.15, 0.2) is 0 Å². The third kappa shape index (κ3) is 3.60. The smallest absolute Gasteiger partial charge is 0.119 e. The number of nitrogens with zero attached hydrogens (tertiary/aromatic N) is 2. The van der Waals surface area contributed by atoms with E-state index in [-0.39, 0.29) is 0 Å². The molecular weight excluding hydrogens is 214 g/mol. The maximum Gasteiger partial charge on any atom is 0.119 e. The van der Waals surface area contributed by atoms with Crippen molar-refractivity contribution in [1.29, 1.82) is 0 Å². The van der Waals surface area contributed by atoms with E-state index in [2.05, 4.69) is 10.4 Å². The lowest BCUT2D eigenvalue weighted by Crippen LogP contribution is -2.21. The van der Waals surface area contributed by atoms with E-state index in [0.29, 0.717) is 6.61 Å². The highest BCUT2D eigenvalue weighted by molar-refractivity contribution is 5.20. The molecule has 0 saturated heterocycles. The molecule has 90 valence electrons. The molecule has 1 N–H and O–H groups in total. The van der Waals surface area contributed by atoms with Crippen LogP contribution in [-0.2, 0) is 13.6 Å². The van der Waals surface area contributed by atoms with Crippen LogP contribution in [0.3, 0.4) is 0 Å². The zero-order valence-corrected chi connectivity index (χ0v) is 9.97. The van der Waals surface area contributed by atoms with Gasteiger partial charge in [0, 0.05) is 26.3 Å². The van der Waals surface area contributed by atoms with Crippen LogP contribution in [0, 0.1) is 0 Å². The van der Waals surface area contributed by atoms with Gasteiger partial charge in [-0.05, 0) is 18.2 Å². The minimum absolute atomic E-state index is 0.669. The van der Waals surface area contributed by atoms with Crippen LogP contribution in [0.25, 0.3) is 0 Å². The molecule has 4 nitrogen and oxygen atoms in total. The van der Waals surface area contributed by atoms with Crippen molar-refractivity contribution >= 4 is 0 Å². The molecule has 0 aliphatic carbocycles. The Morgan fingerprint density at radius 3 is 2.76 bits per heavy atom. The maximum absolute atomic E-state index is 5.57. The van der Waals surface area contributed by atoms with Gasteiger partial charge in [-0.25, -0.2) is 0 Å². The van der Waals surface area contributed by atoms with Crippen molar-refractivity contribution in [3.63, 3.8) is 0 Å². The fourth-order valence-corrected chi connectivity index (χ4v) is 1.55. The van der Waals surface area contributed by atoms with E-state index in [9.17, 15) is 0 Å². The summed E-state index contributed by atoms with van der Waals surface area (Å²) >= 11 is 0. The molecule has 2 rings (SSSR count). The minimum atomic E-state index is 0.669. The highest BCUT2D eigenvalue weighted by atomic mass is 16.5. The van der Waals surface area contributed by atoms with Crippen LogP contribution in [-0.4, -0.2) is 22.9 Å². The van der Waals surface area contributed by atoms with Gasteiger partial charge in [0.1, 0.15) is 12.4 Å². The Balaban J connectivity index is 1.63. The van der Waals surface area contributed by atoms with Gasteiger partial charge < -0.3 is 10.1 Å². The third-order valence-electron chi connectivity index (χ3n) is 2.52. The summed E-state index contributed by atoms with van der Waals surface area (Å²) in [5.41, 5.74) is 1.17. The van der Waals surface area contributed by atoms with Crippen LogP contribution < -0.4 is 10.1 Å². The van der Waals surface area contributed by atoms with Crippen molar-refractivity contribution in [3.8, 4) is 5.75 Å². The fourth-order valence-electron chi connectivity index (χ4n) is 1.55. The Kier molecular flexibility index (Phi) is 4.16. The lowest BCUT2D eigenvalue weighted by molar-refractivity contribution is 0.313. The third-order valence-corrected chi connectivity index (χ3v) is 2.52. The molecule has 0 radical (unpaired) electrons. The number of hydrogen-bond acceptors (Lipinski definition) is 3. The summed E-state index contributed by atoms with van der Waals surface area (Å²) in [6.45, 7) is 2.30. The second kappa shape index (κ2) is 6.06. The zero-order valence-electron chi connectivity index (χ0n) is 9.97. The van der Waals surface area contributed by atoms with E-state index in [1.54, 1.807) is 6.20 Å². The molecule has 0 aliphatic heterocycles. The highest BCUT2D eigenvalue weighted by Gasteiger charge is 1.97. The van der Waals surface area contributed by atoms with Crippen molar-refractivity contribution in [2.45, 2.75) is 6.54 Å². The number of aromatic nitrogens is 2. The van der Waals surface area contributed by atoms with E-state index in [1.165, 1.54) is 5.69 Å². The van der Waals surface area contributed by atoms with E-state index in [4.69, 9.17) is 4.74 Å². The maximum atomic E-state index is 5.57. The van der Waals surface area contributed by atoms with Gasteiger partial charge >= 0.3 is 0 Å². The molecule has 0 bridgehead atoms. The zero-order chi connectivity index (χ0) is 11.9. The molecule has 0 atom stereocenters. The molecule has 1 aromatic carbocycles. The molecule has 0 amide bonds. The first kappa shape index (κ1) is 11.7. The molecule has 4 heteroatoms. The molecule has 1 heterocycles. The van der Waals surface area contributed by atoms with Crippen molar-refractivity contribution in [2.75, 3.05) is 13.2 Å². The number of benzene rings is 1. The average Bonchev–Trinajstić information content (AvgIpc) is 2.76. The predicted molar refractivity (Wildman–Crippen MR) is 66.9 cm³/mol. The fraction of sp³-hybridized carbons (Fsp3) is 0.308. The molecule has 0 spiro atoms. The Morgan fingerprint density at radius 1 is 1.24 bits per heavy atom. The van der Waals surface area contributed by atoms with Gasteiger partial charge in [0.25, 0.3) is 0 Å². The van der Waals surface area contributed by atoms with Crippen LogP contribution in [0.1, 0.15) is 5.69 Å². The second-order valence-corrected chi connectivity index (χ2v) is 3.78. The van der Waals surface area contributed by atoms with Crippen LogP contribution in [0.4, 0.5) is 0 Å². The average molecular weight is 231 g/mol. The topological polar surface area (TPSA) is 39.1 Å². The molecule has 2 aromatic rings. The Labute approximate surface area is 101 Å². The standard InChI is InChI=1S/C13H17N3O/c1-16-12(7-8-15-16)11-14-9-10-17-13-5-3-2-4-6-13/h2-8,14H,9-11H2,1H3. The lowest BCUT2D eigenvalue weighted by atomic mass is 10.3. The Morgan fingerprint density at radius 2 is 2.06 bits per heavy atom. The van der Waals surface area contributed by atoms with Gasteiger partial charge in [0.05, 0.1) is 5.69 Å². The van der Waals surface area contributed by atoms with Gasteiger partial charge in [-0.15, -0.1) is 0 Å². The van der Waals surface area contributed by atoms with Crippen molar-refractivity contribution in [1.82, 2.24) is 15.1 Å². The quantitative estimate of drug-likeness (QED) is 0.767. The molecule has 0 saturated carbocycles. The van der Waals surface area contributed by atoms with Crippen molar-refractivity contribution < 1.29 is 4.74 Å². The first-order chi connectivity index (χ1) is 8.36. The molecule has 0 aliphatic rings. The summed E-state index contributed by atoms with van der Waals surface area (Å²) in [5, 5.41) is 7.42.